The summed E-state index contributed by atoms with van der Waals surface area (Å²) >= 11 is 3.24. The van der Waals surface area contributed by atoms with Crippen molar-refractivity contribution in [1.82, 2.24) is 9.88 Å². The van der Waals surface area contributed by atoms with Gasteiger partial charge in [-0.25, -0.2) is 13.8 Å². The molecular formula is C25H24BrF2N5O2. The van der Waals surface area contributed by atoms with Gasteiger partial charge in [0.1, 0.15) is 23.3 Å². The number of amidine groups is 1. The number of unbranched alkanes of at least 4 members (excludes halogenated alkanes) is 1. The molecule has 7 nitrogen and oxygen atoms in total. The van der Waals surface area contributed by atoms with Gasteiger partial charge in [0.25, 0.3) is 11.8 Å². The number of benzene rings is 2. The van der Waals surface area contributed by atoms with Crippen molar-refractivity contribution in [3.63, 3.8) is 0 Å². The molecule has 0 spiro atoms. The number of anilines is 2. The number of pyridine rings is 1. The largest absolute Gasteiger partial charge is 0.360 e. The maximum absolute atomic E-state index is 14.8. The molecule has 0 aliphatic rings. The molecule has 0 unspecified atom stereocenters. The molecule has 0 aliphatic carbocycles. The molecule has 1 aromatic heterocycles. The summed E-state index contributed by atoms with van der Waals surface area (Å²) < 4.78 is 29.4. The first kappa shape index (κ1) is 26.0. The van der Waals surface area contributed by atoms with E-state index in [1.807, 2.05) is 6.92 Å². The second kappa shape index (κ2) is 11.7. The van der Waals surface area contributed by atoms with Crippen molar-refractivity contribution in [3.8, 4) is 0 Å². The summed E-state index contributed by atoms with van der Waals surface area (Å²) in [5.74, 6) is -2.65. The van der Waals surface area contributed by atoms with Crippen LogP contribution in [0.4, 0.5) is 20.3 Å². The normalized spacial score (nSPS) is 10.5. The van der Waals surface area contributed by atoms with Gasteiger partial charge in [-0.3, -0.25) is 15.0 Å². The molecule has 10 heteroatoms. The van der Waals surface area contributed by atoms with Crippen LogP contribution >= 0.6 is 15.9 Å². The predicted molar refractivity (Wildman–Crippen MR) is 135 cm³/mol. The van der Waals surface area contributed by atoms with Gasteiger partial charge in [-0.05, 0) is 64.8 Å². The maximum atomic E-state index is 14.8. The van der Waals surface area contributed by atoms with Crippen LogP contribution in [0.2, 0.25) is 0 Å². The standard InChI is InChI=1S/C25H24BrF2N5O2/c1-3-4-11-33(2)23(29)15-5-8-18(20(28)12-15)24(34)31-21-9-7-17(27)13-19(21)25(35)32-22-10-6-16(26)14-30-22/h5-10,12-14,29H,3-4,11H2,1-2H3,(H,31,34)(H,30,32,35). The molecule has 182 valence electrons. The molecular weight excluding hydrogens is 520 g/mol. The zero-order valence-electron chi connectivity index (χ0n) is 19.2. The molecule has 2 amide bonds. The highest BCUT2D eigenvalue weighted by Crippen LogP contribution is 2.21. The van der Waals surface area contributed by atoms with Crippen LogP contribution in [0.5, 0.6) is 0 Å². The van der Waals surface area contributed by atoms with Crippen LogP contribution in [-0.2, 0) is 0 Å². The lowest BCUT2D eigenvalue weighted by Crippen LogP contribution is -2.28. The Bertz CT molecular complexity index is 1250. The Kier molecular flexibility index (Phi) is 8.64. The first-order valence-electron chi connectivity index (χ1n) is 10.8. The van der Waals surface area contributed by atoms with Gasteiger partial charge in [0.15, 0.2) is 0 Å². The zero-order valence-corrected chi connectivity index (χ0v) is 20.7. The van der Waals surface area contributed by atoms with E-state index in [4.69, 9.17) is 5.41 Å². The van der Waals surface area contributed by atoms with Crippen molar-refractivity contribution in [2.45, 2.75) is 19.8 Å². The maximum Gasteiger partial charge on any atom is 0.259 e. The van der Waals surface area contributed by atoms with Crippen LogP contribution in [0.15, 0.2) is 59.2 Å². The molecule has 0 saturated carbocycles. The third kappa shape index (κ3) is 6.69. The van der Waals surface area contributed by atoms with Gasteiger partial charge in [0, 0.05) is 29.8 Å². The van der Waals surface area contributed by atoms with Gasteiger partial charge < -0.3 is 15.5 Å². The Hall–Kier alpha value is -3.66. The summed E-state index contributed by atoms with van der Waals surface area (Å²) in [6.07, 6.45) is 3.35. The topological polar surface area (TPSA) is 98.2 Å². The van der Waals surface area contributed by atoms with Crippen molar-refractivity contribution in [2.75, 3.05) is 24.2 Å². The smallest absolute Gasteiger partial charge is 0.259 e. The van der Waals surface area contributed by atoms with Crippen LogP contribution in [0.25, 0.3) is 0 Å². The second-order valence-corrected chi connectivity index (χ2v) is 8.69. The third-order valence-electron chi connectivity index (χ3n) is 5.16. The SMILES string of the molecule is CCCCN(C)C(=N)c1ccc(C(=O)Nc2ccc(F)cc2C(=O)Nc2ccc(Br)cn2)c(F)c1. The fraction of sp³-hybridized carbons (Fsp3) is 0.200. The summed E-state index contributed by atoms with van der Waals surface area (Å²) in [7, 11) is 1.75. The molecule has 1 heterocycles. The van der Waals surface area contributed by atoms with E-state index >= 15 is 0 Å². The Morgan fingerprint density at radius 2 is 1.77 bits per heavy atom. The van der Waals surface area contributed by atoms with Crippen molar-refractivity contribution >= 4 is 45.1 Å². The molecule has 3 N–H and O–H groups in total. The number of carbonyl (C=O) groups is 2. The van der Waals surface area contributed by atoms with Gasteiger partial charge in [-0.15, -0.1) is 0 Å². The molecule has 2 aromatic carbocycles. The zero-order chi connectivity index (χ0) is 25.5. The highest BCUT2D eigenvalue weighted by molar-refractivity contribution is 9.10. The first-order chi connectivity index (χ1) is 16.7. The lowest BCUT2D eigenvalue weighted by molar-refractivity contribution is 0.102. The van der Waals surface area contributed by atoms with Crippen LogP contribution < -0.4 is 10.6 Å². The molecule has 3 rings (SSSR count). The molecule has 0 fully saturated rings. The minimum absolute atomic E-state index is 0.00142. The van der Waals surface area contributed by atoms with E-state index in [1.54, 1.807) is 24.1 Å². The average Bonchev–Trinajstić information content (AvgIpc) is 2.84. The van der Waals surface area contributed by atoms with E-state index < -0.39 is 23.4 Å². The van der Waals surface area contributed by atoms with Gasteiger partial charge in [0.05, 0.1) is 16.8 Å². The van der Waals surface area contributed by atoms with Crippen LogP contribution in [-0.4, -0.2) is 41.1 Å². The molecule has 0 radical (unpaired) electrons. The predicted octanol–water partition coefficient (Wildman–Crippen LogP) is 5.68. The van der Waals surface area contributed by atoms with Crippen molar-refractivity contribution in [1.29, 1.82) is 5.41 Å². The second-order valence-electron chi connectivity index (χ2n) is 7.78. The number of carbonyl (C=O) groups excluding carboxylic acids is 2. The number of nitrogens with one attached hydrogen (secondary N) is 3. The number of halogens is 3. The Labute approximate surface area is 210 Å². The number of nitrogens with zero attached hydrogens (tertiary/aromatic N) is 2. The summed E-state index contributed by atoms with van der Waals surface area (Å²) in [5.41, 5.74) is -0.0922. The average molecular weight is 544 g/mol. The van der Waals surface area contributed by atoms with E-state index in [9.17, 15) is 18.4 Å². The fourth-order valence-corrected chi connectivity index (χ4v) is 3.44. The molecule has 35 heavy (non-hydrogen) atoms. The number of hydrogen-bond donors (Lipinski definition) is 3. The highest BCUT2D eigenvalue weighted by atomic mass is 79.9. The van der Waals surface area contributed by atoms with Crippen molar-refractivity contribution < 1.29 is 18.4 Å². The summed E-state index contributed by atoms with van der Waals surface area (Å²) in [6.45, 7) is 2.70. The minimum Gasteiger partial charge on any atom is -0.360 e. The minimum atomic E-state index is -0.819. The van der Waals surface area contributed by atoms with Crippen LogP contribution in [0.1, 0.15) is 46.0 Å². The lowest BCUT2D eigenvalue weighted by Gasteiger charge is -2.20. The van der Waals surface area contributed by atoms with Gasteiger partial charge >= 0.3 is 0 Å². The summed E-state index contributed by atoms with van der Waals surface area (Å²) in [6, 6.07) is 10.4. The Morgan fingerprint density at radius 1 is 1.03 bits per heavy atom. The van der Waals surface area contributed by atoms with Crippen molar-refractivity contribution in [2.24, 2.45) is 0 Å². The van der Waals surface area contributed by atoms with E-state index in [1.165, 1.54) is 24.4 Å². The monoisotopic (exact) mass is 543 g/mol. The highest BCUT2D eigenvalue weighted by Gasteiger charge is 2.19. The first-order valence-corrected chi connectivity index (χ1v) is 11.6. The van der Waals surface area contributed by atoms with E-state index in [0.29, 0.717) is 16.6 Å². The van der Waals surface area contributed by atoms with Crippen molar-refractivity contribution in [3.05, 3.63) is 87.5 Å². The fourth-order valence-electron chi connectivity index (χ4n) is 3.21. The Balaban J connectivity index is 1.79. The molecule has 3 aromatic rings. The third-order valence-corrected chi connectivity index (χ3v) is 5.63. The molecule has 0 aliphatic heterocycles. The van der Waals surface area contributed by atoms with E-state index in [0.717, 1.165) is 31.0 Å². The number of amides is 2. The van der Waals surface area contributed by atoms with Gasteiger partial charge in [0.2, 0.25) is 0 Å². The van der Waals surface area contributed by atoms with Crippen LogP contribution in [0, 0.1) is 17.0 Å². The summed E-state index contributed by atoms with van der Waals surface area (Å²) in [5, 5.41) is 13.2. The number of rotatable bonds is 8. The molecule has 0 atom stereocenters. The Morgan fingerprint density at radius 3 is 2.43 bits per heavy atom. The molecule has 0 saturated heterocycles. The number of aromatic nitrogens is 1. The quantitative estimate of drug-likeness (QED) is 0.251. The van der Waals surface area contributed by atoms with E-state index in [-0.39, 0.29) is 28.5 Å². The van der Waals surface area contributed by atoms with E-state index in [2.05, 4.69) is 31.5 Å². The van der Waals surface area contributed by atoms with Gasteiger partial charge in [-0.2, -0.15) is 0 Å². The summed E-state index contributed by atoms with van der Waals surface area (Å²) in [4.78, 5) is 31.3. The lowest BCUT2D eigenvalue weighted by atomic mass is 10.1. The van der Waals surface area contributed by atoms with Crippen LogP contribution in [0.3, 0.4) is 0 Å². The molecule has 0 bridgehead atoms. The number of hydrogen-bond acceptors (Lipinski definition) is 4. The van der Waals surface area contributed by atoms with Gasteiger partial charge in [-0.1, -0.05) is 19.4 Å².